The maximum atomic E-state index is 11.0. The first-order valence-corrected chi connectivity index (χ1v) is 4.57. The van der Waals surface area contributed by atoms with Crippen LogP contribution in [0, 0.1) is 10.1 Å². The first-order chi connectivity index (χ1) is 7.54. The van der Waals surface area contributed by atoms with Gasteiger partial charge in [0, 0.05) is 24.9 Å². The highest BCUT2D eigenvalue weighted by molar-refractivity contribution is 5.75. The second-order valence-electron chi connectivity index (χ2n) is 3.21. The fourth-order valence-electron chi connectivity index (χ4n) is 1.19. The van der Waals surface area contributed by atoms with Gasteiger partial charge in [0.2, 0.25) is 0 Å². The van der Waals surface area contributed by atoms with Gasteiger partial charge in [-0.15, -0.1) is 0 Å². The number of ether oxygens (including phenoxy) is 1. The standard InChI is InChI=1S/C10H12N2O4/c1-11(7-10(13)16-2)8-4-3-5-9(6-8)12(14)15/h3-6H,7H2,1-2H3. The number of anilines is 1. The van der Waals surface area contributed by atoms with Crippen molar-refractivity contribution < 1.29 is 14.5 Å². The van der Waals surface area contributed by atoms with Gasteiger partial charge in [0.05, 0.1) is 12.0 Å². The van der Waals surface area contributed by atoms with Gasteiger partial charge in [0.15, 0.2) is 0 Å². The maximum absolute atomic E-state index is 11.0. The SMILES string of the molecule is COC(=O)CN(C)c1cccc([N+](=O)[O-])c1. The minimum atomic E-state index is -0.477. The number of methoxy groups -OCH3 is 1. The first kappa shape index (κ1) is 12.0. The zero-order valence-electron chi connectivity index (χ0n) is 9.04. The molecule has 0 heterocycles. The Bertz CT molecular complexity index is 406. The molecule has 0 aliphatic heterocycles. The van der Waals surface area contributed by atoms with Gasteiger partial charge in [0.1, 0.15) is 6.54 Å². The Morgan fingerprint density at radius 1 is 1.56 bits per heavy atom. The Morgan fingerprint density at radius 3 is 2.81 bits per heavy atom. The lowest BCUT2D eigenvalue weighted by Crippen LogP contribution is -2.26. The molecule has 6 nitrogen and oxygen atoms in total. The van der Waals surface area contributed by atoms with Crippen molar-refractivity contribution in [1.82, 2.24) is 0 Å². The van der Waals surface area contributed by atoms with Crippen LogP contribution < -0.4 is 4.90 Å². The Labute approximate surface area is 92.6 Å². The molecule has 1 rings (SSSR count). The molecule has 0 saturated heterocycles. The van der Waals surface area contributed by atoms with Crippen molar-refractivity contribution in [1.29, 1.82) is 0 Å². The van der Waals surface area contributed by atoms with Crippen molar-refractivity contribution in [2.45, 2.75) is 0 Å². The molecule has 0 atom stereocenters. The van der Waals surface area contributed by atoms with Crippen molar-refractivity contribution in [3.05, 3.63) is 34.4 Å². The number of hydrogen-bond acceptors (Lipinski definition) is 5. The Hall–Kier alpha value is -2.11. The summed E-state index contributed by atoms with van der Waals surface area (Å²) in [5.74, 6) is -0.394. The molecule has 0 fully saturated rings. The molecule has 0 N–H and O–H groups in total. The van der Waals surface area contributed by atoms with Crippen LogP contribution in [0.2, 0.25) is 0 Å². The van der Waals surface area contributed by atoms with E-state index in [0.717, 1.165) is 0 Å². The number of esters is 1. The molecule has 86 valence electrons. The van der Waals surface area contributed by atoms with Gasteiger partial charge in [-0.05, 0) is 6.07 Å². The van der Waals surface area contributed by atoms with Gasteiger partial charge in [-0.25, -0.2) is 0 Å². The van der Waals surface area contributed by atoms with E-state index in [0.29, 0.717) is 5.69 Å². The summed E-state index contributed by atoms with van der Waals surface area (Å²) >= 11 is 0. The summed E-state index contributed by atoms with van der Waals surface area (Å²) in [6.45, 7) is 0.0532. The summed E-state index contributed by atoms with van der Waals surface area (Å²) in [4.78, 5) is 22.7. The van der Waals surface area contributed by atoms with Crippen LogP contribution in [-0.4, -0.2) is 31.6 Å². The predicted octanol–water partition coefficient (Wildman–Crippen LogP) is 1.20. The van der Waals surface area contributed by atoms with Crippen LogP contribution >= 0.6 is 0 Å². The van der Waals surface area contributed by atoms with Gasteiger partial charge in [-0.2, -0.15) is 0 Å². The smallest absolute Gasteiger partial charge is 0.325 e. The normalized spacial score (nSPS) is 9.62. The topological polar surface area (TPSA) is 72.7 Å². The number of hydrogen-bond donors (Lipinski definition) is 0. The molecule has 0 spiro atoms. The van der Waals surface area contributed by atoms with Crippen LogP contribution in [0.5, 0.6) is 0 Å². The molecule has 16 heavy (non-hydrogen) atoms. The van der Waals surface area contributed by atoms with Crippen molar-refractivity contribution in [2.24, 2.45) is 0 Å². The molecule has 0 aliphatic carbocycles. The number of nitro groups is 1. The van der Waals surface area contributed by atoms with Gasteiger partial charge in [0.25, 0.3) is 5.69 Å². The van der Waals surface area contributed by atoms with E-state index in [2.05, 4.69) is 4.74 Å². The summed E-state index contributed by atoms with van der Waals surface area (Å²) in [5, 5.41) is 10.5. The van der Waals surface area contributed by atoms with Crippen molar-refractivity contribution >= 4 is 17.3 Å². The third kappa shape index (κ3) is 2.94. The molecular weight excluding hydrogens is 212 g/mol. The zero-order chi connectivity index (χ0) is 12.1. The zero-order valence-corrected chi connectivity index (χ0v) is 9.04. The summed E-state index contributed by atoms with van der Waals surface area (Å²) < 4.78 is 4.51. The Morgan fingerprint density at radius 2 is 2.25 bits per heavy atom. The van der Waals surface area contributed by atoms with E-state index in [1.54, 1.807) is 24.1 Å². The highest BCUT2D eigenvalue weighted by atomic mass is 16.6. The van der Waals surface area contributed by atoms with Gasteiger partial charge in [-0.1, -0.05) is 6.07 Å². The van der Waals surface area contributed by atoms with Crippen LogP contribution in [0.4, 0.5) is 11.4 Å². The minimum absolute atomic E-state index is 0.00536. The molecule has 6 heteroatoms. The number of carbonyl (C=O) groups is 1. The number of likely N-dealkylation sites (N-methyl/N-ethyl adjacent to an activating group) is 1. The summed E-state index contributed by atoms with van der Waals surface area (Å²) in [6.07, 6.45) is 0. The Balaban J connectivity index is 2.83. The molecule has 0 bridgehead atoms. The molecule has 0 aromatic heterocycles. The number of rotatable bonds is 4. The molecule has 0 amide bonds. The molecule has 1 aromatic carbocycles. The molecule has 0 saturated carbocycles. The van der Waals surface area contributed by atoms with Crippen LogP contribution in [0.1, 0.15) is 0 Å². The van der Waals surface area contributed by atoms with Crippen LogP contribution in [0.3, 0.4) is 0 Å². The van der Waals surface area contributed by atoms with Crippen LogP contribution in [-0.2, 0) is 9.53 Å². The predicted molar refractivity (Wildman–Crippen MR) is 58.4 cm³/mol. The van der Waals surface area contributed by atoms with E-state index >= 15 is 0 Å². The third-order valence-corrected chi connectivity index (χ3v) is 2.08. The number of nitrogens with zero attached hydrogens (tertiary/aromatic N) is 2. The Kier molecular flexibility index (Phi) is 3.82. The van der Waals surface area contributed by atoms with E-state index < -0.39 is 10.9 Å². The number of non-ortho nitro benzene ring substituents is 1. The lowest BCUT2D eigenvalue weighted by molar-refractivity contribution is -0.384. The highest BCUT2D eigenvalue weighted by Crippen LogP contribution is 2.19. The van der Waals surface area contributed by atoms with E-state index in [-0.39, 0.29) is 12.2 Å². The summed E-state index contributed by atoms with van der Waals surface area (Å²) in [5.41, 5.74) is 0.591. The molecule has 0 unspecified atom stereocenters. The minimum Gasteiger partial charge on any atom is -0.468 e. The summed E-state index contributed by atoms with van der Waals surface area (Å²) in [7, 11) is 2.96. The lowest BCUT2D eigenvalue weighted by atomic mass is 10.2. The van der Waals surface area contributed by atoms with E-state index in [9.17, 15) is 14.9 Å². The first-order valence-electron chi connectivity index (χ1n) is 4.57. The average molecular weight is 224 g/mol. The number of carbonyl (C=O) groups excluding carboxylic acids is 1. The van der Waals surface area contributed by atoms with Gasteiger partial charge >= 0.3 is 5.97 Å². The lowest BCUT2D eigenvalue weighted by Gasteiger charge is -2.17. The van der Waals surface area contributed by atoms with Crippen LogP contribution in [0.15, 0.2) is 24.3 Å². The van der Waals surface area contributed by atoms with Crippen LogP contribution in [0.25, 0.3) is 0 Å². The van der Waals surface area contributed by atoms with E-state index in [1.807, 2.05) is 0 Å². The molecular formula is C10H12N2O4. The third-order valence-electron chi connectivity index (χ3n) is 2.08. The molecule has 0 radical (unpaired) electrons. The largest absolute Gasteiger partial charge is 0.468 e. The quantitative estimate of drug-likeness (QED) is 0.436. The second kappa shape index (κ2) is 5.11. The van der Waals surface area contributed by atoms with Crippen molar-refractivity contribution in [3.8, 4) is 0 Å². The summed E-state index contributed by atoms with van der Waals surface area (Å²) in [6, 6.07) is 6.07. The molecule has 0 aliphatic rings. The van der Waals surface area contributed by atoms with Gasteiger partial charge < -0.3 is 9.64 Å². The monoisotopic (exact) mass is 224 g/mol. The molecule has 1 aromatic rings. The maximum Gasteiger partial charge on any atom is 0.325 e. The number of benzene rings is 1. The number of nitro benzene ring substituents is 1. The fourth-order valence-corrected chi connectivity index (χ4v) is 1.19. The van der Waals surface area contributed by atoms with E-state index in [1.165, 1.54) is 19.2 Å². The van der Waals surface area contributed by atoms with E-state index in [4.69, 9.17) is 0 Å². The van der Waals surface area contributed by atoms with Crippen molar-refractivity contribution in [2.75, 3.05) is 25.6 Å². The average Bonchev–Trinajstić information content (AvgIpc) is 2.28. The van der Waals surface area contributed by atoms with Crippen molar-refractivity contribution in [3.63, 3.8) is 0 Å². The van der Waals surface area contributed by atoms with Gasteiger partial charge in [-0.3, -0.25) is 14.9 Å². The second-order valence-corrected chi connectivity index (χ2v) is 3.21. The fraction of sp³-hybridized carbons (Fsp3) is 0.300. The highest BCUT2D eigenvalue weighted by Gasteiger charge is 2.11.